The molecule has 3 rings (SSSR count). The zero-order chi connectivity index (χ0) is 19.8. The molecule has 0 amide bonds. The minimum absolute atomic E-state index is 0.146. The fourth-order valence-electron chi connectivity index (χ4n) is 2.75. The van der Waals surface area contributed by atoms with Gasteiger partial charge in [0.2, 0.25) is 0 Å². The van der Waals surface area contributed by atoms with Crippen molar-refractivity contribution in [1.29, 1.82) is 0 Å². The Morgan fingerprint density at radius 1 is 0.893 bits per heavy atom. The van der Waals surface area contributed by atoms with Gasteiger partial charge >= 0.3 is 0 Å². The second kappa shape index (κ2) is 9.65. The zero-order valence-electron chi connectivity index (χ0n) is 16.1. The Bertz CT molecular complexity index is 897. The van der Waals surface area contributed by atoms with E-state index in [0.717, 1.165) is 17.0 Å². The first-order valence-electron chi connectivity index (χ1n) is 9.19. The topological polar surface area (TPSA) is 39.7 Å². The van der Waals surface area contributed by atoms with Gasteiger partial charge in [0.1, 0.15) is 18.2 Å². The first kappa shape index (κ1) is 19.5. The third-order valence-corrected chi connectivity index (χ3v) is 4.23. The fraction of sp³-hybridized carbons (Fsp3) is 0.217. The molecule has 5 heteroatoms. The molecule has 0 aliphatic carbocycles. The molecule has 0 spiro atoms. The van der Waals surface area contributed by atoms with E-state index < -0.39 is 0 Å². The van der Waals surface area contributed by atoms with E-state index in [-0.39, 0.29) is 12.4 Å². The zero-order valence-corrected chi connectivity index (χ0v) is 16.1. The van der Waals surface area contributed by atoms with E-state index in [4.69, 9.17) is 14.2 Å². The molecular weight excluding hydrogens is 357 g/mol. The molecule has 0 aliphatic heterocycles. The molecule has 1 N–H and O–H groups in total. The maximum absolute atomic E-state index is 13.7. The van der Waals surface area contributed by atoms with Gasteiger partial charge in [0.15, 0.2) is 11.5 Å². The molecule has 0 saturated carbocycles. The lowest BCUT2D eigenvalue weighted by atomic mass is 10.2. The van der Waals surface area contributed by atoms with E-state index >= 15 is 0 Å². The second-order valence-electron chi connectivity index (χ2n) is 6.18. The van der Waals surface area contributed by atoms with Crippen molar-refractivity contribution in [3.8, 4) is 17.2 Å². The third kappa shape index (κ3) is 5.16. The highest BCUT2D eigenvalue weighted by atomic mass is 19.1. The largest absolute Gasteiger partial charge is 0.494 e. The number of hydrogen-bond donors (Lipinski definition) is 1. The summed E-state index contributed by atoms with van der Waals surface area (Å²) in [5.41, 5.74) is 2.55. The minimum Gasteiger partial charge on any atom is -0.494 e. The molecule has 146 valence electrons. The Labute approximate surface area is 164 Å². The smallest absolute Gasteiger partial charge is 0.161 e. The van der Waals surface area contributed by atoms with Crippen molar-refractivity contribution in [2.75, 3.05) is 19.0 Å². The maximum Gasteiger partial charge on any atom is 0.161 e. The number of rotatable bonds is 9. The van der Waals surface area contributed by atoms with E-state index in [0.29, 0.717) is 30.2 Å². The van der Waals surface area contributed by atoms with Gasteiger partial charge in [0.05, 0.1) is 13.7 Å². The summed E-state index contributed by atoms with van der Waals surface area (Å²) >= 11 is 0. The molecule has 3 aromatic rings. The molecule has 0 atom stereocenters. The molecular formula is C23H24FNO3. The van der Waals surface area contributed by atoms with Crippen LogP contribution >= 0.6 is 0 Å². The van der Waals surface area contributed by atoms with E-state index in [9.17, 15) is 4.39 Å². The molecule has 0 bridgehead atoms. The van der Waals surface area contributed by atoms with E-state index in [1.165, 1.54) is 6.07 Å². The van der Waals surface area contributed by atoms with Gasteiger partial charge < -0.3 is 19.5 Å². The van der Waals surface area contributed by atoms with Crippen molar-refractivity contribution in [2.24, 2.45) is 0 Å². The van der Waals surface area contributed by atoms with Crippen molar-refractivity contribution < 1.29 is 18.6 Å². The highest BCUT2D eigenvalue weighted by Gasteiger charge is 2.08. The summed E-state index contributed by atoms with van der Waals surface area (Å²) in [5, 5.41) is 3.36. The summed E-state index contributed by atoms with van der Waals surface area (Å²) in [5.74, 6) is 1.77. The maximum atomic E-state index is 13.7. The van der Waals surface area contributed by atoms with E-state index in [1.807, 2.05) is 49.4 Å². The Kier molecular flexibility index (Phi) is 6.73. The Morgan fingerprint density at radius 2 is 1.68 bits per heavy atom. The summed E-state index contributed by atoms with van der Waals surface area (Å²) in [6.45, 7) is 3.39. The average molecular weight is 381 g/mol. The monoisotopic (exact) mass is 381 g/mol. The number of halogens is 1. The van der Waals surface area contributed by atoms with Gasteiger partial charge in [-0.05, 0) is 55.0 Å². The SMILES string of the molecule is CCOc1ccc(NCc2ccc(OCc3ccccc3F)c(OC)c2)cc1. The van der Waals surface area contributed by atoms with Crippen LogP contribution in [-0.4, -0.2) is 13.7 Å². The van der Waals surface area contributed by atoms with Crippen LogP contribution in [0.25, 0.3) is 0 Å². The van der Waals surface area contributed by atoms with Crippen LogP contribution in [0, 0.1) is 5.82 Å². The lowest BCUT2D eigenvalue weighted by molar-refractivity contribution is 0.279. The number of ether oxygens (including phenoxy) is 3. The highest BCUT2D eigenvalue weighted by molar-refractivity contribution is 5.48. The average Bonchev–Trinajstić information content (AvgIpc) is 2.73. The first-order chi connectivity index (χ1) is 13.7. The molecule has 0 fully saturated rings. The predicted molar refractivity (Wildman–Crippen MR) is 109 cm³/mol. The van der Waals surface area contributed by atoms with Crippen molar-refractivity contribution in [1.82, 2.24) is 0 Å². The van der Waals surface area contributed by atoms with Crippen molar-refractivity contribution in [2.45, 2.75) is 20.1 Å². The Balaban J connectivity index is 1.61. The lowest BCUT2D eigenvalue weighted by Crippen LogP contribution is -2.02. The van der Waals surface area contributed by atoms with Crippen LogP contribution in [0.5, 0.6) is 17.2 Å². The minimum atomic E-state index is -0.280. The standard InChI is InChI=1S/C23H24FNO3/c1-3-27-20-11-9-19(10-12-20)25-15-17-8-13-22(23(14-17)26-2)28-16-18-6-4-5-7-21(18)24/h4-14,25H,3,15-16H2,1-2H3. The quantitative estimate of drug-likeness (QED) is 0.537. The summed E-state index contributed by atoms with van der Waals surface area (Å²) in [6.07, 6.45) is 0. The molecule has 0 saturated heterocycles. The summed E-state index contributed by atoms with van der Waals surface area (Å²) in [7, 11) is 1.59. The molecule has 28 heavy (non-hydrogen) atoms. The van der Waals surface area contributed by atoms with Crippen LogP contribution in [0.3, 0.4) is 0 Å². The number of hydrogen-bond acceptors (Lipinski definition) is 4. The third-order valence-electron chi connectivity index (χ3n) is 4.23. The second-order valence-corrected chi connectivity index (χ2v) is 6.18. The predicted octanol–water partition coefficient (Wildman–Crippen LogP) is 5.42. The van der Waals surface area contributed by atoms with Gasteiger partial charge in [-0.25, -0.2) is 4.39 Å². The van der Waals surface area contributed by atoms with Crippen LogP contribution < -0.4 is 19.5 Å². The van der Waals surface area contributed by atoms with Crippen LogP contribution in [0.15, 0.2) is 66.7 Å². The van der Waals surface area contributed by atoms with Gasteiger partial charge in [0.25, 0.3) is 0 Å². The number of methoxy groups -OCH3 is 1. The number of nitrogens with one attached hydrogen (secondary N) is 1. The highest BCUT2D eigenvalue weighted by Crippen LogP contribution is 2.29. The van der Waals surface area contributed by atoms with Crippen LogP contribution in [0.2, 0.25) is 0 Å². The van der Waals surface area contributed by atoms with Gasteiger partial charge in [-0.15, -0.1) is 0 Å². The Hall–Kier alpha value is -3.21. The summed E-state index contributed by atoms with van der Waals surface area (Å²) in [6, 6.07) is 20.1. The van der Waals surface area contributed by atoms with Gasteiger partial charge in [0, 0.05) is 17.8 Å². The van der Waals surface area contributed by atoms with E-state index in [2.05, 4.69) is 5.32 Å². The van der Waals surface area contributed by atoms with Crippen molar-refractivity contribution in [3.63, 3.8) is 0 Å². The molecule has 0 aromatic heterocycles. The first-order valence-corrected chi connectivity index (χ1v) is 9.19. The molecule has 0 radical (unpaired) electrons. The summed E-state index contributed by atoms with van der Waals surface area (Å²) < 4.78 is 30.4. The van der Waals surface area contributed by atoms with Crippen molar-refractivity contribution in [3.05, 3.63) is 83.7 Å². The van der Waals surface area contributed by atoms with E-state index in [1.54, 1.807) is 25.3 Å². The lowest BCUT2D eigenvalue weighted by Gasteiger charge is -2.13. The number of benzene rings is 3. The number of anilines is 1. The van der Waals surface area contributed by atoms with Gasteiger partial charge in [-0.2, -0.15) is 0 Å². The summed E-state index contributed by atoms with van der Waals surface area (Å²) in [4.78, 5) is 0. The van der Waals surface area contributed by atoms with Gasteiger partial charge in [-0.1, -0.05) is 24.3 Å². The van der Waals surface area contributed by atoms with Crippen molar-refractivity contribution >= 4 is 5.69 Å². The fourth-order valence-corrected chi connectivity index (χ4v) is 2.75. The normalized spacial score (nSPS) is 10.4. The van der Waals surface area contributed by atoms with Crippen LogP contribution in [0.1, 0.15) is 18.1 Å². The Morgan fingerprint density at radius 3 is 2.39 bits per heavy atom. The van der Waals surface area contributed by atoms with Crippen LogP contribution in [-0.2, 0) is 13.2 Å². The molecule has 3 aromatic carbocycles. The molecule has 4 nitrogen and oxygen atoms in total. The molecule has 0 aliphatic rings. The van der Waals surface area contributed by atoms with Crippen LogP contribution in [0.4, 0.5) is 10.1 Å². The molecule has 0 unspecified atom stereocenters. The molecule has 0 heterocycles. The van der Waals surface area contributed by atoms with Gasteiger partial charge in [-0.3, -0.25) is 0 Å².